The molecule has 116 valence electrons. The fraction of sp³-hybridized carbons (Fsp3) is 0.688. The van der Waals surface area contributed by atoms with E-state index in [1.165, 1.54) is 0 Å². The molecule has 2 aliphatic rings. The fourth-order valence-corrected chi connectivity index (χ4v) is 3.01. The normalized spacial score (nSPS) is 25.5. The topological polar surface area (TPSA) is 43.8 Å². The van der Waals surface area contributed by atoms with Crippen LogP contribution in [0, 0.1) is 6.92 Å². The van der Waals surface area contributed by atoms with Crippen LogP contribution in [0.3, 0.4) is 0 Å². The Bertz CT molecular complexity index is 449. The predicted molar refractivity (Wildman–Crippen MR) is 79.6 cm³/mol. The summed E-state index contributed by atoms with van der Waals surface area (Å²) < 4.78 is 17.2. The molecule has 0 radical (unpaired) electrons. The molecular weight excluding hydrogens is 268 g/mol. The molecule has 0 saturated carbocycles. The van der Waals surface area contributed by atoms with E-state index in [2.05, 4.69) is 9.88 Å². The van der Waals surface area contributed by atoms with Crippen LogP contribution in [0.1, 0.15) is 18.5 Å². The van der Waals surface area contributed by atoms with Gasteiger partial charge in [0.1, 0.15) is 6.10 Å². The van der Waals surface area contributed by atoms with Gasteiger partial charge in [-0.2, -0.15) is 0 Å². The number of ether oxygens (including phenoxy) is 3. The van der Waals surface area contributed by atoms with Gasteiger partial charge in [-0.25, -0.2) is 4.98 Å². The number of aryl methyl sites for hydroxylation is 1. The minimum Gasteiger partial charge on any atom is -0.471 e. The van der Waals surface area contributed by atoms with Crippen molar-refractivity contribution in [2.45, 2.75) is 31.9 Å². The smallest absolute Gasteiger partial charge is 0.213 e. The molecule has 0 spiro atoms. The Labute approximate surface area is 126 Å². The molecule has 0 aliphatic carbocycles. The molecular formula is C16H24N2O3. The van der Waals surface area contributed by atoms with Gasteiger partial charge in [-0.05, 0) is 25.8 Å². The molecule has 5 heteroatoms. The van der Waals surface area contributed by atoms with Gasteiger partial charge >= 0.3 is 0 Å². The van der Waals surface area contributed by atoms with E-state index >= 15 is 0 Å². The lowest BCUT2D eigenvalue weighted by Crippen LogP contribution is -2.45. The Balaban J connectivity index is 1.61. The van der Waals surface area contributed by atoms with Crippen molar-refractivity contribution in [3.05, 3.63) is 23.9 Å². The number of aromatic nitrogens is 1. The molecule has 2 saturated heterocycles. The first kappa shape index (κ1) is 14.8. The lowest BCUT2D eigenvalue weighted by Gasteiger charge is -2.34. The molecule has 1 aromatic rings. The highest BCUT2D eigenvalue weighted by Crippen LogP contribution is 2.18. The molecule has 5 nitrogen and oxygen atoms in total. The van der Waals surface area contributed by atoms with Gasteiger partial charge in [0.15, 0.2) is 0 Å². The summed E-state index contributed by atoms with van der Waals surface area (Å²) in [6.07, 6.45) is 2.26. The van der Waals surface area contributed by atoms with Crippen LogP contribution in [0.5, 0.6) is 5.88 Å². The van der Waals surface area contributed by atoms with Crippen LogP contribution in [-0.2, 0) is 9.47 Å². The van der Waals surface area contributed by atoms with Gasteiger partial charge in [0.05, 0.1) is 13.2 Å². The van der Waals surface area contributed by atoms with Crippen molar-refractivity contribution in [3.8, 4) is 5.88 Å². The highest BCUT2D eigenvalue weighted by Gasteiger charge is 2.27. The summed E-state index contributed by atoms with van der Waals surface area (Å²) in [6.45, 7) is 7.00. The molecule has 1 atom stereocenters. The Morgan fingerprint density at radius 1 is 1.19 bits per heavy atom. The van der Waals surface area contributed by atoms with E-state index in [1.807, 2.05) is 25.1 Å². The van der Waals surface area contributed by atoms with Crippen LogP contribution < -0.4 is 4.74 Å². The molecule has 0 unspecified atom stereocenters. The largest absolute Gasteiger partial charge is 0.471 e. The zero-order chi connectivity index (χ0) is 14.5. The molecule has 0 aromatic carbocycles. The fourth-order valence-electron chi connectivity index (χ4n) is 3.01. The van der Waals surface area contributed by atoms with E-state index in [4.69, 9.17) is 14.2 Å². The van der Waals surface area contributed by atoms with Crippen molar-refractivity contribution in [1.82, 2.24) is 9.88 Å². The van der Waals surface area contributed by atoms with Gasteiger partial charge in [0, 0.05) is 44.1 Å². The third kappa shape index (κ3) is 4.15. The standard InChI is InChI=1S/C16H24N2O3/c1-13-3-2-4-16(17-13)21-15-11-18(7-10-20-12-15)14-5-8-19-9-6-14/h2-4,14-15H,5-12H2,1H3/t15-/m1/s1. The molecule has 2 fully saturated rings. The average Bonchev–Trinajstić information content (AvgIpc) is 2.74. The third-order valence-corrected chi connectivity index (χ3v) is 4.12. The van der Waals surface area contributed by atoms with Crippen LogP contribution in [0.2, 0.25) is 0 Å². The molecule has 3 rings (SSSR count). The summed E-state index contributed by atoms with van der Waals surface area (Å²) in [7, 11) is 0. The van der Waals surface area contributed by atoms with E-state index < -0.39 is 0 Å². The summed E-state index contributed by atoms with van der Waals surface area (Å²) in [5, 5.41) is 0. The number of nitrogens with zero attached hydrogens (tertiary/aromatic N) is 2. The lowest BCUT2D eigenvalue weighted by molar-refractivity contribution is 0.0243. The Morgan fingerprint density at radius 2 is 2.05 bits per heavy atom. The second kappa shape index (κ2) is 7.20. The quantitative estimate of drug-likeness (QED) is 0.847. The Morgan fingerprint density at radius 3 is 2.86 bits per heavy atom. The van der Waals surface area contributed by atoms with Crippen molar-refractivity contribution >= 4 is 0 Å². The van der Waals surface area contributed by atoms with Gasteiger partial charge in [0.2, 0.25) is 5.88 Å². The van der Waals surface area contributed by atoms with Gasteiger partial charge in [-0.15, -0.1) is 0 Å². The summed E-state index contributed by atoms with van der Waals surface area (Å²) in [4.78, 5) is 6.92. The Kier molecular flexibility index (Phi) is 5.06. The van der Waals surface area contributed by atoms with E-state index in [0.717, 1.165) is 51.4 Å². The molecule has 2 aliphatic heterocycles. The maximum atomic E-state index is 6.03. The van der Waals surface area contributed by atoms with Crippen molar-refractivity contribution in [2.75, 3.05) is 39.5 Å². The summed E-state index contributed by atoms with van der Waals surface area (Å²) in [5.74, 6) is 0.692. The number of hydrogen-bond acceptors (Lipinski definition) is 5. The first-order valence-electron chi connectivity index (χ1n) is 7.81. The zero-order valence-corrected chi connectivity index (χ0v) is 12.7. The van der Waals surface area contributed by atoms with Crippen molar-refractivity contribution < 1.29 is 14.2 Å². The summed E-state index contributed by atoms with van der Waals surface area (Å²) in [5.41, 5.74) is 0.975. The predicted octanol–water partition coefficient (Wildman–Crippen LogP) is 1.65. The highest BCUT2D eigenvalue weighted by molar-refractivity contribution is 5.15. The van der Waals surface area contributed by atoms with Crippen molar-refractivity contribution in [3.63, 3.8) is 0 Å². The third-order valence-electron chi connectivity index (χ3n) is 4.12. The zero-order valence-electron chi connectivity index (χ0n) is 12.7. The van der Waals surface area contributed by atoms with Crippen LogP contribution in [-0.4, -0.2) is 61.5 Å². The maximum absolute atomic E-state index is 6.03. The van der Waals surface area contributed by atoms with Gasteiger partial charge in [-0.1, -0.05) is 6.07 Å². The lowest BCUT2D eigenvalue weighted by atomic mass is 10.1. The second-order valence-electron chi connectivity index (χ2n) is 5.77. The summed E-state index contributed by atoms with van der Waals surface area (Å²) >= 11 is 0. The minimum absolute atomic E-state index is 0.0460. The van der Waals surface area contributed by atoms with E-state index in [1.54, 1.807) is 0 Å². The van der Waals surface area contributed by atoms with Crippen molar-refractivity contribution in [1.29, 1.82) is 0 Å². The monoisotopic (exact) mass is 292 g/mol. The first-order chi connectivity index (χ1) is 10.3. The number of rotatable bonds is 3. The maximum Gasteiger partial charge on any atom is 0.213 e. The van der Waals surface area contributed by atoms with Gasteiger partial charge in [0.25, 0.3) is 0 Å². The van der Waals surface area contributed by atoms with Gasteiger partial charge < -0.3 is 14.2 Å². The van der Waals surface area contributed by atoms with E-state index in [0.29, 0.717) is 18.5 Å². The molecule has 0 N–H and O–H groups in total. The molecule has 21 heavy (non-hydrogen) atoms. The minimum atomic E-state index is 0.0460. The van der Waals surface area contributed by atoms with Crippen LogP contribution in [0.15, 0.2) is 18.2 Å². The number of pyridine rings is 1. The van der Waals surface area contributed by atoms with Crippen LogP contribution in [0.25, 0.3) is 0 Å². The summed E-state index contributed by atoms with van der Waals surface area (Å²) in [6, 6.07) is 6.46. The highest BCUT2D eigenvalue weighted by atomic mass is 16.5. The van der Waals surface area contributed by atoms with Crippen LogP contribution in [0.4, 0.5) is 0 Å². The van der Waals surface area contributed by atoms with E-state index in [-0.39, 0.29) is 6.10 Å². The van der Waals surface area contributed by atoms with E-state index in [9.17, 15) is 0 Å². The van der Waals surface area contributed by atoms with Crippen molar-refractivity contribution in [2.24, 2.45) is 0 Å². The molecule has 3 heterocycles. The first-order valence-corrected chi connectivity index (χ1v) is 7.81. The molecule has 0 amide bonds. The van der Waals surface area contributed by atoms with Gasteiger partial charge in [-0.3, -0.25) is 4.90 Å². The SMILES string of the molecule is Cc1cccc(O[C@H]2COCCN(C3CCOCC3)C2)n1. The second-order valence-corrected chi connectivity index (χ2v) is 5.77. The average molecular weight is 292 g/mol. The Hall–Kier alpha value is -1.17. The van der Waals surface area contributed by atoms with Crippen LogP contribution >= 0.6 is 0 Å². The molecule has 1 aromatic heterocycles. The number of hydrogen-bond donors (Lipinski definition) is 0. The molecule has 0 bridgehead atoms.